The third kappa shape index (κ3) is 1.37. The van der Waals surface area contributed by atoms with E-state index in [1.807, 2.05) is 6.92 Å². The Morgan fingerprint density at radius 1 is 1.44 bits per heavy atom. The van der Waals surface area contributed by atoms with Gasteiger partial charge in [-0.05, 0) is 26.8 Å². The summed E-state index contributed by atoms with van der Waals surface area (Å²) in [5.74, 6) is 0.637. The van der Waals surface area contributed by atoms with Crippen molar-refractivity contribution >= 4 is 38.3 Å². The van der Waals surface area contributed by atoms with Crippen LogP contribution < -0.4 is 0 Å². The molecule has 0 unspecified atom stereocenters. The van der Waals surface area contributed by atoms with Gasteiger partial charge in [-0.25, -0.2) is 4.98 Å². The maximum Gasteiger partial charge on any atom is 0.163 e. The molecule has 92 valence electrons. The highest BCUT2D eigenvalue weighted by Gasteiger charge is 2.20. The molecule has 4 nitrogen and oxygen atoms in total. The molecule has 0 aliphatic rings. The molecule has 0 bridgehead atoms. The van der Waals surface area contributed by atoms with Crippen molar-refractivity contribution in [2.75, 3.05) is 0 Å². The van der Waals surface area contributed by atoms with Gasteiger partial charge in [0.2, 0.25) is 0 Å². The molecule has 0 saturated heterocycles. The van der Waals surface area contributed by atoms with Gasteiger partial charge < -0.3 is 9.52 Å². The number of aromatic nitrogens is 1. The number of nitrogens with zero attached hydrogens (tertiary/aromatic N) is 1. The molecule has 0 saturated carbocycles. The number of furan rings is 1. The van der Waals surface area contributed by atoms with Crippen LogP contribution in [-0.2, 0) is 0 Å². The van der Waals surface area contributed by atoms with Gasteiger partial charge in [0.25, 0.3) is 0 Å². The lowest BCUT2D eigenvalue weighted by atomic mass is 10.1. The zero-order chi connectivity index (χ0) is 13.0. The molecule has 0 radical (unpaired) electrons. The second kappa shape index (κ2) is 3.55. The molecule has 0 fully saturated rings. The Bertz CT molecular complexity index is 798. The van der Waals surface area contributed by atoms with E-state index in [0.29, 0.717) is 32.5 Å². The summed E-state index contributed by atoms with van der Waals surface area (Å²) in [5, 5.41) is 11.5. The van der Waals surface area contributed by atoms with Crippen LogP contribution in [0.5, 0.6) is 5.75 Å². The van der Waals surface area contributed by atoms with Gasteiger partial charge in [-0.1, -0.05) is 0 Å². The van der Waals surface area contributed by atoms with Crippen molar-refractivity contribution in [2.24, 2.45) is 0 Å². The summed E-state index contributed by atoms with van der Waals surface area (Å²) >= 11 is 1.41. The summed E-state index contributed by atoms with van der Waals surface area (Å²) in [6, 6.07) is 1.59. The zero-order valence-corrected chi connectivity index (χ0v) is 11.0. The zero-order valence-electron chi connectivity index (χ0n) is 10.2. The Labute approximate surface area is 107 Å². The summed E-state index contributed by atoms with van der Waals surface area (Å²) in [7, 11) is 0. The first kappa shape index (κ1) is 11.2. The second-order valence-electron chi connectivity index (χ2n) is 4.27. The number of phenols is 1. The monoisotopic (exact) mass is 261 g/mol. The minimum atomic E-state index is -0.0723. The Morgan fingerprint density at radius 3 is 2.83 bits per heavy atom. The van der Waals surface area contributed by atoms with Crippen molar-refractivity contribution in [1.82, 2.24) is 4.98 Å². The van der Waals surface area contributed by atoms with Crippen molar-refractivity contribution in [3.63, 3.8) is 0 Å². The summed E-state index contributed by atoms with van der Waals surface area (Å²) in [4.78, 5) is 16.0. The average Bonchev–Trinajstić information content (AvgIpc) is 2.78. The number of aryl methyl sites for hydroxylation is 2. The fraction of sp³-hybridized carbons (Fsp3) is 0.231. The van der Waals surface area contributed by atoms with Crippen molar-refractivity contribution in [3.05, 3.63) is 22.4 Å². The molecule has 2 heterocycles. The number of thiazole rings is 1. The van der Waals surface area contributed by atoms with Crippen LogP contribution in [0.4, 0.5) is 0 Å². The first-order chi connectivity index (χ1) is 8.49. The van der Waals surface area contributed by atoms with E-state index in [1.54, 1.807) is 13.0 Å². The number of carbonyl (C=O) groups is 1. The lowest BCUT2D eigenvalue weighted by Crippen LogP contribution is -1.92. The summed E-state index contributed by atoms with van der Waals surface area (Å²) in [6.45, 7) is 5.11. The average molecular weight is 261 g/mol. The number of hydrogen-bond donors (Lipinski definition) is 1. The van der Waals surface area contributed by atoms with E-state index in [1.165, 1.54) is 18.3 Å². The van der Waals surface area contributed by atoms with Crippen LogP contribution in [0.1, 0.15) is 28.0 Å². The van der Waals surface area contributed by atoms with Gasteiger partial charge in [-0.2, -0.15) is 0 Å². The topological polar surface area (TPSA) is 63.3 Å². The van der Waals surface area contributed by atoms with Crippen molar-refractivity contribution in [2.45, 2.75) is 20.8 Å². The Balaban J connectivity index is 2.57. The molecule has 0 aliphatic carbocycles. The fourth-order valence-electron chi connectivity index (χ4n) is 2.27. The highest BCUT2D eigenvalue weighted by molar-refractivity contribution is 7.19. The lowest BCUT2D eigenvalue weighted by Gasteiger charge is -1.96. The first-order valence-corrected chi connectivity index (χ1v) is 6.34. The Morgan fingerprint density at radius 2 is 2.17 bits per heavy atom. The third-order valence-electron chi connectivity index (χ3n) is 2.94. The van der Waals surface area contributed by atoms with Gasteiger partial charge in [0.1, 0.15) is 21.7 Å². The highest BCUT2D eigenvalue weighted by atomic mass is 32.1. The smallest absolute Gasteiger partial charge is 0.163 e. The molecule has 0 amide bonds. The van der Waals surface area contributed by atoms with E-state index in [-0.39, 0.29) is 11.5 Å². The number of rotatable bonds is 1. The number of carbonyl (C=O) groups excluding carboxylic acids is 1. The molecule has 0 aliphatic heterocycles. The van der Waals surface area contributed by atoms with Crippen LogP contribution in [0.2, 0.25) is 0 Å². The molecule has 3 aromatic rings. The van der Waals surface area contributed by atoms with Crippen LogP contribution in [0.15, 0.2) is 10.5 Å². The van der Waals surface area contributed by atoms with Gasteiger partial charge >= 0.3 is 0 Å². The maximum atomic E-state index is 11.6. The number of ketones is 1. The quantitative estimate of drug-likeness (QED) is 0.680. The Hall–Kier alpha value is -1.88. The van der Waals surface area contributed by atoms with Gasteiger partial charge in [0.05, 0.1) is 10.6 Å². The fourth-order valence-corrected chi connectivity index (χ4v) is 3.10. The second-order valence-corrected chi connectivity index (χ2v) is 5.48. The normalized spacial score (nSPS) is 11.5. The van der Waals surface area contributed by atoms with Gasteiger partial charge in [0, 0.05) is 5.39 Å². The minimum Gasteiger partial charge on any atom is -0.506 e. The maximum absolute atomic E-state index is 11.6. The molecule has 1 aromatic carbocycles. The van der Waals surface area contributed by atoms with Crippen molar-refractivity contribution in [1.29, 1.82) is 0 Å². The number of aromatic hydroxyl groups is 1. The third-order valence-corrected chi connectivity index (χ3v) is 3.93. The first-order valence-electron chi connectivity index (χ1n) is 5.52. The number of phenolic OH excluding ortho intramolecular Hbond substituents is 1. The highest BCUT2D eigenvalue weighted by Crippen LogP contribution is 2.39. The molecule has 2 aromatic heterocycles. The summed E-state index contributed by atoms with van der Waals surface area (Å²) in [5.41, 5.74) is 1.73. The van der Waals surface area contributed by atoms with Crippen molar-refractivity contribution < 1.29 is 14.3 Å². The Kier molecular flexibility index (Phi) is 2.22. The predicted octanol–water partition coefficient (Wildman–Crippen LogP) is 3.57. The molecular weight excluding hydrogens is 250 g/mol. The van der Waals surface area contributed by atoms with E-state index in [9.17, 15) is 9.90 Å². The largest absolute Gasteiger partial charge is 0.506 e. The number of hydrogen-bond acceptors (Lipinski definition) is 5. The van der Waals surface area contributed by atoms with E-state index in [2.05, 4.69) is 4.98 Å². The number of benzene rings is 1. The molecule has 5 heteroatoms. The van der Waals surface area contributed by atoms with Crippen LogP contribution >= 0.6 is 11.3 Å². The molecule has 0 atom stereocenters. The molecule has 1 N–H and O–H groups in total. The van der Waals surface area contributed by atoms with E-state index >= 15 is 0 Å². The summed E-state index contributed by atoms with van der Waals surface area (Å²) in [6.07, 6.45) is 0. The number of Topliss-reactive ketones (excluding diaryl/α,β-unsaturated/α-hetero) is 1. The van der Waals surface area contributed by atoms with Crippen LogP contribution in [0.3, 0.4) is 0 Å². The van der Waals surface area contributed by atoms with E-state index in [4.69, 9.17) is 4.42 Å². The van der Waals surface area contributed by atoms with Crippen LogP contribution in [-0.4, -0.2) is 15.9 Å². The van der Waals surface area contributed by atoms with Gasteiger partial charge in [0.15, 0.2) is 11.4 Å². The molecule has 18 heavy (non-hydrogen) atoms. The van der Waals surface area contributed by atoms with Crippen LogP contribution in [0.25, 0.3) is 21.2 Å². The number of fused-ring (bicyclic) bond motifs is 3. The molecule has 3 rings (SSSR count). The molecule has 0 spiro atoms. The minimum absolute atomic E-state index is 0.0723. The van der Waals surface area contributed by atoms with Gasteiger partial charge in [-0.3, -0.25) is 4.79 Å². The SMILES string of the molecule is CC(=O)c1c(C)oc2c1cc(O)c1sc(C)nc12. The lowest BCUT2D eigenvalue weighted by molar-refractivity contribution is 0.101. The summed E-state index contributed by atoms with van der Waals surface area (Å²) < 4.78 is 6.35. The standard InChI is InChI=1S/C13H11NO3S/c1-5(15)10-6(2)17-12-8(10)4-9(16)13-11(12)14-7(3)18-13/h4,16H,1-3H3. The molecular formula is C13H11NO3S. The predicted molar refractivity (Wildman–Crippen MR) is 70.5 cm³/mol. The van der Waals surface area contributed by atoms with Crippen molar-refractivity contribution in [3.8, 4) is 5.75 Å². The van der Waals surface area contributed by atoms with E-state index < -0.39 is 0 Å². The van der Waals surface area contributed by atoms with Gasteiger partial charge in [-0.15, -0.1) is 11.3 Å². The van der Waals surface area contributed by atoms with E-state index in [0.717, 1.165) is 5.01 Å². The van der Waals surface area contributed by atoms with Crippen LogP contribution in [0, 0.1) is 13.8 Å².